The normalized spacial score (nSPS) is 59.2. The topological polar surface area (TPSA) is 50.1 Å². The molecule has 4 atom stereocenters. The first kappa shape index (κ1) is 8.43. The zero-order valence-electron chi connectivity index (χ0n) is 8.46. The summed E-state index contributed by atoms with van der Waals surface area (Å²) < 4.78 is 5.49. The van der Waals surface area contributed by atoms with Crippen LogP contribution in [0, 0.1) is 28.1 Å². The molecule has 74 valence electrons. The zero-order chi connectivity index (χ0) is 10.2. The minimum atomic E-state index is -1.08. The van der Waals surface area contributed by atoms with E-state index < -0.39 is 5.60 Å². The van der Waals surface area contributed by atoms with E-state index in [4.69, 9.17) is 10.00 Å². The molecular formula is C11H13NO2. The highest BCUT2D eigenvalue weighted by Gasteiger charge is 2.80. The summed E-state index contributed by atoms with van der Waals surface area (Å²) in [5, 5.41) is 9.17. The van der Waals surface area contributed by atoms with Crippen LogP contribution in [-0.4, -0.2) is 18.0 Å². The van der Waals surface area contributed by atoms with Crippen LogP contribution in [0.15, 0.2) is 0 Å². The first-order chi connectivity index (χ1) is 6.51. The Morgan fingerprint density at radius 2 is 2.29 bits per heavy atom. The summed E-state index contributed by atoms with van der Waals surface area (Å²) in [6.07, 6.45) is 1.89. The Labute approximate surface area is 83.0 Å². The Morgan fingerprint density at radius 1 is 1.57 bits per heavy atom. The fourth-order valence-electron chi connectivity index (χ4n) is 3.87. The highest BCUT2D eigenvalue weighted by atomic mass is 16.5. The maximum Gasteiger partial charge on any atom is 0.216 e. The lowest BCUT2D eigenvalue weighted by Gasteiger charge is -2.38. The van der Waals surface area contributed by atoms with Gasteiger partial charge in [-0.05, 0) is 12.8 Å². The lowest BCUT2D eigenvalue weighted by molar-refractivity contribution is -0.154. The smallest absolute Gasteiger partial charge is 0.216 e. The second-order valence-corrected chi connectivity index (χ2v) is 5.31. The van der Waals surface area contributed by atoms with Gasteiger partial charge in [0.05, 0.1) is 6.61 Å². The van der Waals surface area contributed by atoms with Gasteiger partial charge < -0.3 is 4.74 Å². The predicted octanol–water partition coefficient (Wildman–Crippen LogP) is 1.28. The molecule has 0 N–H and O–H groups in total. The Balaban J connectivity index is 2.27. The van der Waals surface area contributed by atoms with Crippen LogP contribution >= 0.6 is 0 Å². The maximum atomic E-state index is 12.2. The van der Waals surface area contributed by atoms with E-state index in [1.165, 1.54) is 0 Å². The van der Waals surface area contributed by atoms with Crippen molar-refractivity contribution in [3.05, 3.63) is 0 Å². The number of carbonyl (C=O) groups is 1. The summed E-state index contributed by atoms with van der Waals surface area (Å²) in [5.41, 5.74) is -1.47. The van der Waals surface area contributed by atoms with Gasteiger partial charge in [-0.25, -0.2) is 0 Å². The number of carbonyl (C=O) groups excluding carboxylic acids is 1. The number of nitrogens with zero attached hydrogens (tertiary/aromatic N) is 1. The molecular weight excluding hydrogens is 178 g/mol. The lowest BCUT2D eigenvalue weighted by atomic mass is 9.69. The third-order valence-corrected chi connectivity index (χ3v) is 5.06. The molecule has 14 heavy (non-hydrogen) atoms. The number of ether oxygens (including phenoxy) is 1. The largest absolute Gasteiger partial charge is 0.352 e. The molecule has 0 aromatic carbocycles. The Hall–Kier alpha value is -0.880. The molecule has 0 aromatic rings. The Bertz CT molecular complexity index is 385. The Kier molecular flexibility index (Phi) is 1.14. The second kappa shape index (κ2) is 1.90. The first-order valence-electron chi connectivity index (χ1n) is 5.11. The maximum absolute atomic E-state index is 12.2. The quantitative estimate of drug-likeness (QED) is 0.579. The van der Waals surface area contributed by atoms with Gasteiger partial charge in [0, 0.05) is 16.7 Å². The van der Waals surface area contributed by atoms with E-state index in [9.17, 15) is 4.79 Å². The molecule has 2 saturated carbocycles. The van der Waals surface area contributed by atoms with Crippen LogP contribution in [0.3, 0.4) is 0 Å². The molecule has 3 heteroatoms. The molecule has 3 nitrogen and oxygen atoms in total. The van der Waals surface area contributed by atoms with Gasteiger partial charge in [0.15, 0.2) is 5.78 Å². The fraction of sp³-hybridized carbons (Fsp3) is 0.818. The van der Waals surface area contributed by atoms with Crippen molar-refractivity contribution in [1.82, 2.24) is 0 Å². The average molecular weight is 191 g/mol. The van der Waals surface area contributed by atoms with Gasteiger partial charge in [0.2, 0.25) is 5.60 Å². The van der Waals surface area contributed by atoms with Gasteiger partial charge in [0.25, 0.3) is 0 Å². The average Bonchev–Trinajstić information content (AvgIpc) is 2.65. The van der Waals surface area contributed by atoms with Crippen molar-refractivity contribution in [2.45, 2.75) is 32.3 Å². The van der Waals surface area contributed by atoms with E-state index in [0.717, 1.165) is 12.8 Å². The molecule has 0 radical (unpaired) electrons. The minimum Gasteiger partial charge on any atom is -0.352 e. The van der Waals surface area contributed by atoms with Crippen molar-refractivity contribution in [3.63, 3.8) is 0 Å². The van der Waals surface area contributed by atoms with Gasteiger partial charge >= 0.3 is 0 Å². The van der Waals surface area contributed by atoms with Crippen LogP contribution in [0.1, 0.15) is 26.7 Å². The van der Waals surface area contributed by atoms with Crippen molar-refractivity contribution in [2.75, 3.05) is 6.61 Å². The molecule has 1 aliphatic heterocycles. The van der Waals surface area contributed by atoms with Crippen molar-refractivity contribution in [1.29, 1.82) is 5.26 Å². The Morgan fingerprint density at radius 3 is 2.71 bits per heavy atom. The van der Waals surface area contributed by atoms with Gasteiger partial charge in [-0.15, -0.1) is 0 Å². The van der Waals surface area contributed by atoms with Crippen LogP contribution in [0.5, 0.6) is 0 Å². The molecule has 1 heterocycles. The molecule has 3 fully saturated rings. The molecule has 3 rings (SSSR count). The van der Waals surface area contributed by atoms with E-state index in [2.05, 4.69) is 13.0 Å². The monoisotopic (exact) mass is 191 g/mol. The van der Waals surface area contributed by atoms with Gasteiger partial charge in [0.1, 0.15) is 6.07 Å². The summed E-state index contributed by atoms with van der Waals surface area (Å²) in [6.45, 7) is 4.69. The van der Waals surface area contributed by atoms with E-state index in [0.29, 0.717) is 6.61 Å². The summed E-state index contributed by atoms with van der Waals surface area (Å²) in [5.74, 6) is 0.176. The zero-order valence-corrected chi connectivity index (χ0v) is 8.46. The summed E-state index contributed by atoms with van der Waals surface area (Å²) >= 11 is 0. The standard InChI is InChI=1S/C11H13NO2/c1-9-4-3-7-10(9,2)6-14-11(7,5-12)8(9)13/h7H,3-4,6H2,1-2H3/t7-,9-,10?,11?/m0/s1. The number of ketones is 1. The third kappa shape index (κ3) is 0.492. The second-order valence-electron chi connectivity index (χ2n) is 5.31. The number of hydrogen-bond acceptors (Lipinski definition) is 3. The van der Waals surface area contributed by atoms with Crippen molar-refractivity contribution >= 4 is 5.78 Å². The first-order valence-corrected chi connectivity index (χ1v) is 5.11. The number of Topliss-reactive ketones (excluding diaryl/α,β-unsaturated/α-hetero) is 1. The van der Waals surface area contributed by atoms with Crippen molar-refractivity contribution < 1.29 is 9.53 Å². The molecule has 3 aliphatic rings. The van der Waals surface area contributed by atoms with Crippen molar-refractivity contribution in [2.24, 2.45) is 16.7 Å². The van der Waals surface area contributed by atoms with Crippen molar-refractivity contribution in [3.8, 4) is 6.07 Å². The fourth-order valence-corrected chi connectivity index (χ4v) is 3.87. The molecule has 0 amide bonds. The molecule has 1 saturated heterocycles. The van der Waals surface area contributed by atoms with Crippen LogP contribution in [0.25, 0.3) is 0 Å². The van der Waals surface area contributed by atoms with Crippen LogP contribution in [-0.2, 0) is 9.53 Å². The molecule has 2 aliphatic carbocycles. The summed E-state index contributed by atoms with van der Waals surface area (Å²) in [6, 6.07) is 2.13. The van der Waals surface area contributed by atoms with Crippen LogP contribution in [0.2, 0.25) is 0 Å². The molecule has 0 spiro atoms. The minimum absolute atomic E-state index is 0.0394. The van der Waals surface area contributed by atoms with E-state index in [-0.39, 0.29) is 22.5 Å². The SMILES string of the molecule is CC12COC3(C#N)C(=O)[C@]1(C)CC[C@H]32. The predicted molar refractivity (Wildman–Crippen MR) is 48.2 cm³/mol. The highest BCUT2D eigenvalue weighted by Crippen LogP contribution is 2.71. The molecule has 2 unspecified atom stereocenters. The molecule has 4 bridgehead atoms. The third-order valence-electron chi connectivity index (χ3n) is 5.06. The summed E-state index contributed by atoms with van der Waals surface area (Å²) in [7, 11) is 0. The number of nitriles is 1. The van der Waals surface area contributed by atoms with Gasteiger partial charge in [-0.3, -0.25) is 4.79 Å². The van der Waals surface area contributed by atoms with Crippen LogP contribution in [0.4, 0.5) is 0 Å². The van der Waals surface area contributed by atoms with E-state index in [1.54, 1.807) is 0 Å². The number of hydrogen-bond donors (Lipinski definition) is 0. The van der Waals surface area contributed by atoms with E-state index >= 15 is 0 Å². The number of rotatable bonds is 0. The molecule has 0 aromatic heterocycles. The van der Waals surface area contributed by atoms with Gasteiger partial charge in [-0.1, -0.05) is 13.8 Å². The van der Waals surface area contributed by atoms with E-state index in [1.807, 2.05) is 6.92 Å². The lowest BCUT2D eigenvalue weighted by Crippen LogP contribution is -2.50. The summed E-state index contributed by atoms with van der Waals surface area (Å²) in [4.78, 5) is 12.2. The van der Waals surface area contributed by atoms with Gasteiger partial charge in [-0.2, -0.15) is 5.26 Å². The highest BCUT2D eigenvalue weighted by molar-refractivity contribution is 6.00. The van der Waals surface area contributed by atoms with Crippen LogP contribution < -0.4 is 0 Å².